The lowest BCUT2D eigenvalue weighted by atomic mass is 9.99. The molecule has 1 fully saturated rings. The number of piperazine rings is 1. The van der Waals surface area contributed by atoms with E-state index < -0.39 is 11.9 Å². The normalized spacial score (nSPS) is 16.2. The smallest absolute Gasteiger partial charge is 0.345 e. The Balaban J connectivity index is 1.39. The summed E-state index contributed by atoms with van der Waals surface area (Å²) in [6.45, 7) is 5.62. The number of likely N-dealkylation sites (N-methyl/N-ethyl adjacent to an activating group) is 2. The molecule has 5 rings (SSSR count). The predicted octanol–water partition coefficient (Wildman–Crippen LogP) is 3.92. The Morgan fingerprint density at radius 1 is 0.930 bits per heavy atom. The van der Waals surface area contributed by atoms with Gasteiger partial charge in [0, 0.05) is 56.6 Å². The molecular formula is C33H35N5O5. The largest absolute Gasteiger partial charge is 0.389 e. The fraction of sp³-hybridized carbons (Fsp3) is 0.273. The third-order valence-corrected chi connectivity index (χ3v) is 7.66. The number of amides is 2. The second-order valence-electron chi connectivity index (χ2n) is 10.6. The lowest BCUT2D eigenvalue weighted by molar-refractivity contribution is -0.137. The first kappa shape index (κ1) is 29.7. The van der Waals surface area contributed by atoms with E-state index in [1.165, 1.54) is 12.1 Å². The first-order valence-electron chi connectivity index (χ1n) is 14.3. The van der Waals surface area contributed by atoms with E-state index in [-0.39, 0.29) is 23.8 Å². The fourth-order valence-corrected chi connectivity index (χ4v) is 5.03. The zero-order valence-electron chi connectivity index (χ0n) is 24.6. The van der Waals surface area contributed by atoms with Gasteiger partial charge in [-0.1, -0.05) is 43.3 Å². The molecule has 2 N–H and O–H groups in total. The number of anilines is 3. The molecule has 0 unspecified atom stereocenters. The number of nitrogens with one attached hydrogen (secondary N) is 2. The second-order valence-corrected chi connectivity index (χ2v) is 10.6. The van der Waals surface area contributed by atoms with Crippen molar-refractivity contribution in [2.75, 3.05) is 62.4 Å². The molecule has 10 nitrogen and oxygen atoms in total. The highest BCUT2D eigenvalue weighted by Gasteiger charge is 2.30. The van der Waals surface area contributed by atoms with Crippen molar-refractivity contribution in [2.45, 2.75) is 13.3 Å². The number of benzene rings is 3. The van der Waals surface area contributed by atoms with Crippen LogP contribution in [-0.2, 0) is 19.1 Å². The van der Waals surface area contributed by atoms with E-state index in [2.05, 4.69) is 27.5 Å². The van der Waals surface area contributed by atoms with Crippen LogP contribution in [0, 0.1) is 0 Å². The molecule has 2 amide bonds. The molecule has 43 heavy (non-hydrogen) atoms. The van der Waals surface area contributed by atoms with Gasteiger partial charge in [0.15, 0.2) is 0 Å². The number of esters is 2. The van der Waals surface area contributed by atoms with E-state index in [1.54, 1.807) is 24.9 Å². The van der Waals surface area contributed by atoms with Crippen LogP contribution in [-0.4, -0.2) is 80.4 Å². The summed E-state index contributed by atoms with van der Waals surface area (Å²) in [5, 5.41) is 6.25. The number of carbonyl (C=O) groups excluding carboxylic acids is 4. The third kappa shape index (κ3) is 6.82. The van der Waals surface area contributed by atoms with Crippen LogP contribution in [0.1, 0.15) is 34.8 Å². The van der Waals surface area contributed by atoms with E-state index in [4.69, 9.17) is 4.74 Å². The van der Waals surface area contributed by atoms with Crippen molar-refractivity contribution in [3.8, 4) is 0 Å². The summed E-state index contributed by atoms with van der Waals surface area (Å²) in [5.74, 6) is -1.70. The Labute approximate surface area is 250 Å². The molecule has 0 spiro atoms. The van der Waals surface area contributed by atoms with Crippen LogP contribution in [0.2, 0.25) is 0 Å². The molecule has 1 saturated heterocycles. The quantitative estimate of drug-likeness (QED) is 0.234. The molecule has 222 valence electrons. The van der Waals surface area contributed by atoms with Crippen molar-refractivity contribution in [2.24, 2.45) is 0 Å². The Hall–Kier alpha value is -4.80. The van der Waals surface area contributed by atoms with Crippen molar-refractivity contribution in [1.82, 2.24) is 9.80 Å². The maximum atomic E-state index is 13.3. The molecule has 2 heterocycles. The van der Waals surface area contributed by atoms with Crippen molar-refractivity contribution < 1.29 is 23.9 Å². The zero-order valence-corrected chi connectivity index (χ0v) is 24.6. The summed E-state index contributed by atoms with van der Waals surface area (Å²) in [6.07, 6.45) is 0.0800. The van der Waals surface area contributed by atoms with Crippen molar-refractivity contribution >= 4 is 52.1 Å². The van der Waals surface area contributed by atoms with Gasteiger partial charge in [-0.15, -0.1) is 0 Å². The van der Waals surface area contributed by atoms with E-state index in [0.29, 0.717) is 29.1 Å². The first-order valence-corrected chi connectivity index (χ1v) is 14.3. The van der Waals surface area contributed by atoms with Crippen molar-refractivity contribution in [3.63, 3.8) is 0 Å². The highest BCUT2D eigenvalue weighted by atomic mass is 16.6. The van der Waals surface area contributed by atoms with Crippen LogP contribution < -0.4 is 15.5 Å². The highest BCUT2D eigenvalue weighted by Crippen LogP contribution is 2.38. The SMILES string of the molecule is CCC(=O)OC(=O)c1ccc2c(c1)NC(=O)/C2=C(\Nc1ccc(N(C)C(=O)CN2CCN(C)CC2)cc1)c1ccccc1. The van der Waals surface area contributed by atoms with Gasteiger partial charge in [0.05, 0.1) is 29.1 Å². The summed E-state index contributed by atoms with van der Waals surface area (Å²) in [7, 11) is 3.87. The van der Waals surface area contributed by atoms with Gasteiger partial charge in [-0.2, -0.15) is 0 Å². The van der Waals surface area contributed by atoms with Gasteiger partial charge in [0.1, 0.15) is 0 Å². The number of hydrogen-bond acceptors (Lipinski definition) is 8. The Morgan fingerprint density at radius 3 is 2.30 bits per heavy atom. The number of hydrogen-bond donors (Lipinski definition) is 2. The summed E-state index contributed by atoms with van der Waals surface area (Å²) >= 11 is 0. The van der Waals surface area contributed by atoms with Crippen LogP contribution in [0.25, 0.3) is 11.3 Å². The minimum atomic E-state index is -0.769. The molecule has 0 aliphatic carbocycles. The summed E-state index contributed by atoms with van der Waals surface area (Å²) in [4.78, 5) is 56.3. The van der Waals surface area contributed by atoms with E-state index in [9.17, 15) is 19.2 Å². The molecule has 3 aromatic carbocycles. The predicted molar refractivity (Wildman–Crippen MR) is 166 cm³/mol. The Kier molecular flexibility index (Phi) is 8.98. The Bertz CT molecular complexity index is 1560. The number of fused-ring (bicyclic) bond motifs is 1. The van der Waals surface area contributed by atoms with Gasteiger partial charge in [0.2, 0.25) is 5.91 Å². The molecule has 3 aromatic rings. The lowest BCUT2D eigenvalue weighted by Gasteiger charge is -2.32. The van der Waals surface area contributed by atoms with E-state index >= 15 is 0 Å². The summed E-state index contributed by atoms with van der Waals surface area (Å²) < 4.78 is 4.83. The van der Waals surface area contributed by atoms with E-state index in [1.807, 2.05) is 54.6 Å². The van der Waals surface area contributed by atoms with Crippen LogP contribution in [0.15, 0.2) is 72.8 Å². The maximum absolute atomic E-state index is 13.3. The molecule has 0 radical (unpaired) electrons. The average Bonchev–Trinajstić information content (AvgIpc) is 3.35. The maximum Gasteiger partial charge on any atom is 0.345 e. The van der Waals surface area contributed by atoms with Gasteiger partial charge < -0.3 is 25.2 Å². The minimum absolute atomic E-state index is 0.0268. The highest BCUT2D eigenvalue weighted by molar-refractivity contribution is 6.37. The molecule has 0 atom stereocenters. The summed E-state index contributed by atoms with van der Waals surface area (Å²) in [6, 6.07) is 21.7. The number of carbonyl (C=O) groups is 4. The van der Waals surface area contributed by atoms with Crippen LogP contribution in [0.3, 0.4) is 0 Å². The topological polar surface area (TPSA) is 111 Å². The summed E-state index contributed by atoms with van der Waals surface area (Å²) in [5.41, 5.74) is 4.51. The monoisotopic (exact) mass is 581 g/mol. The van der Waals surface area contributed by atoms with Gasteiger partial charge >= 0.3 is 11.9 Å². The molecular weight excluding hydrogens is 546 g/mol. The fourth-order valence-electron chi connectivity index (χ4n) is 5.03. The zero-order chi connectivity index (χ0) is 30.5. The van der Waals surface area contributed by atoms with Crippen LogP contribution in [0.5, 0.6) is 0 Å². The molecule has 0 bridgehead atoms. The van der Waals surface area contributed by atoms with Gasteiger partial charge in [0.25, 0.3) is 5.91 Å². The molecule has 2 aliphatic heterocycles. The van der Waals surface area contributed by atoms with Crippen LogP contribution >= 0.6 is 0 Å². The average molecular weight is 582 g/mol. The Morgan fingerprint density at radius 2 is 1.63 bits per heavy atom. The lowest BCUT2D eigenvalue weighted by Crippen LogP contribution is -2.48. The standard InChI is InChI=1S/C33H35N5O5/c1-4-29(40)43-33(42)23-10-15-26-27(20-23)35-32(41)30(26)31(22-8-6-5-7-9-22)34-24-11-13-25(14-12-24)37(3)28(39)21-38-18-16-36(2)17-19-38/h5-15,20,34H,4,16-19,21H2,1-3H3,(H,35,41)/b31-30-. The molecule has 0 saturated carbocycles. The van der Waals surface area contributed by atoms with Gasteiger partial charge in [-0.3, -0.25) is 19.3 Å². The van der Waals surface area contributed by atoms with Crippen molar-refractivity contribution in [1.29, 1.82) is 0 Å². The van der Waals surface area contributed by atoms with Crippen LogP contribution in [0.4, 0.5) is 17.1 Å². The number of rotatable bonds is 8. The van der Waals surface area contributed by atoms with Crippen molar-refractivity contribution in [3.05, 3.63) is 89.5 Å². The number of ether oxygens (including phenoxy) is 1. The molecule has 2 aliphatic rings. The van der Waals surface area contributed by atoms with E-state index in [0.717, 1.165) is 43.1 Å². The van der Waals surface area contributed by atoms with Gasteiger partial charge in [-0.05, 0) is 49.0 Å². The second kappa shape index (κ2) is 13.0. The minimum Gasteiger partial charge on any atom is -0.389 e. The number of nitrogens with zero attached hydrogens (tertiary/aromatic N) is 3. The third-order valence-electron chi connectivity index (χ3n) is 7.66. The molecule has 10 heteroatoms. The van der Waals surface area contributed by atoms with Gasteiger partial charge in [-0.25, -0.2) is 4.79 Å². The first-order chi connectivity index (χ1) is 20.7. The molecule has 0 aromatic heterocycles.